The topological polar surface area (TPSA) is 77.3 Å². The van der Waals surface area contributed by atoms with Crippen LogP contribution >= 0.6 is 0 Å². The van der Waals surface area contributed by atoms with Crippen LogP contribution in [0.2, 0.25) is 0 Å². The van der Waals surface area contributed by atoms with Crippen molar-refractivity contribution in [2.45, 2.75) is 6.92 Å². The number of anilines is 1. The normalized spacial score (nSPS) is 10.5. The minimum Gasteiger partial charge on any atom is -0.497 e. The van der Waals surface area contributed by atoms with Crippen molar-refractivity contribution >= 4 is 22.6 Å². The van der Waals surface area contributed by atoms with Gasteiger partial charge in [0.15, 0.2) is 0 Å². The summed E-state index contributed by atoms with van der Waals surface area (Å²) in [5, 5.41) is 0.786. The van der Waals surface area contributed by atoms with E-state index in [4.69, 9.17) is 15.2 Å². The van der Waals surface area contributed by atoms with Gasteiger partial charge in [-0.15, -0.1) is 0 Å². The fourth-order valence-electron chi connectivity index (χ4n) is 1.69. The molecule has 1 heterocycles. The van der Waals surface area contributed by atoms with Crippen molar-refractivity contribution in [3.63, 3.8) is 0 Å². The van der Waals surface area contributed by atoms with Gasteiger partial charge in [-0.05, 0) is 19.1 Å². The Kier molecular flexibility index (Phi) is 2.91. The second-order valence-corrected chi connectivity index (χ2v) is 3.55. The summed E-state index contributed by atoms with van der Waals surface area (Å²) in [4.78, 5) is 14.6. The predicted octanol–water partition coefficient (Wildman–Crippen LogP) is 1.94. The minimum absolute atomic E-state index is 0.287. The lowest BCUT2D eigenvalue weighted by atomic mass is 10.2. The van der Waals surface area contributed by atoms with Crippen molar-refractivity contribution in [2.24, 2.45) is 0 Å². The molecule has 5 nitrogen and oxygen atoms in total. The van der Waals surface area contributed by atoms with Gasteiger partial charge in [-0.1, -0.05) is 0 Å². The summed E-state index contributed by atoms with van der Waals surface area (Å²) in [6, 6.07) is 5.39. The number of aromatic amines is 1. The lowest BCUT2D eigenvalue weighted by molar-refractivity contribution is 0.0522. The van der Waals surface area contributed by atoms with Crippen molar-refractivity contribution in [1.82, 2.24) is 4.98 Å². The van der Waals surface area contributed by atoms with E-state index in [-0.39, 0.29) is 5.69 Å². The van der Waals surface area contributed by atoms with Crippen molar-refractivity contribution < 1.29 is 14.3 Å². The first-order chi connectivity index (χ1) is 8.17. The Balaban J connectivity index is 2.52. The predicted molar refractivity (Wildman–Crippen MR) is 65.2 cm³/mol. The number of carbonyl (C=O) groups is 1. The Morgan fingerprint density at radius 1 is 1.47 bits per heavy atom. The summed E-state index contributed by atoms with van der Waals surface area (Å²) in [7, 11) is 1.58. The van der Waals surface area contributed by atoms with Gasteiger partial charge in [-0.3, -0.25) is 0 Å². The van der Waals surface area contributed by atoms with E-state index in [1.54, 1.807) is 26.2 Å². The number of fused-ring (bicyclic) bond motifs is 1. The Morgan fingerprint density at radius 2 is 2.24 bits per heavy atom. The molecule has 0 aliphatic carbocycles. The largest absolute Gasteiger partial charge is 0.497 e. The standard InChI is InChI=1S/C12H14N2O3/c1-3-17-12(15)11-10(13)8-5-4-7(16-2)6-9(8)14-11/h4-6,14H,3,13H2,1-2H3. The lowest BCUT2D eigenvalue weighted by Crippen LogP contribution is -2.07. The first kappa shape index (κ1) is 11.3. The highest BCUT2D eigenvalue weighted by Gasteiger charge is 2.16. The molecule has 2 rings (SSSR count). The number of esters is 1. The van der Waals surface area contributed by atoms with E-state index in [9.17, 15) is 4.79 Å². The Hall–Kier alpha value is -2.17. The number of hydrogen-bond donors (Lipinski definition) is 2. The van der Waals surface area contributed by atoms with Gasteiger partial charge in [0.25, 0.3) is 0 Å². The van der Waals surface area contributed by atoms with Crippen LogP contribution < -0.4 is 10.5 Å². The third-order valence-electron chi connectivity index (χ3n) is 2.53. The number of H-pyrrole nitrogens is 1. The van der Waals surface area contributed by atoms with Crippen LogP contribution in [-0.4, -0.2) is 24.7 Å². The molecule has 0 aliphatic heterocycles. The minimum atomic E-state index is -0.444. The van der Waals surface area contributed by atoms with Crippen molar-refractivity contribution in [3.05, 3.63) is 23.9 Å². The number of nitrogens with two attached hydrogens (primary N) is 1. The van der Waals surface area contributed by atoms with Crippen LogP contribution in [0.3, 0.4) is 0 Å². The Morgan fingerprint density at radius 3 is 2.88 bits per heavy atom. The summed E-state index contributed by atoms with van der Waals surface area (Å²) in [6.45, 7) is 2.07. The van der Waals surface area contributed by atoms with Crippen LogP contribution in [0.4, 0.5) is 5.69 Å². The summed E-state index contributed by atoms with van der Waals surface area (Å²) in [5.41, 5.74) is 7.33. The molecule has 0 unspecified atom stereocenters. The molecule has 0 amide bonds. The van der Waals surface area contributed by atoms with Crippen LogP contribution in [0, 0.1) is 0 Å². The smallest absolute Gasteiger partial charge is 0.356 e. The quantitative estimate of drug-likeness (QED) is 0.795. The summed E-state index contributed by atoms with van der Waals surface area (Å²) in [5.74, 6) is 0.259. The molecule has 0 bridgehead atoms. The highest BCUT2D eigenvalue weighted by molar-refractivity contribution is 6.05. The summed E-state index contributed by atoms with van der Waals surface area (Å²) < 4.78 is 10.0. The highest BCUT2D eigenvalue weighted by atomic mass is 16.5. The van der Waals surface area contributed by atoms with Crippen LogP contribution in [0.25, 0.3) is 10.9 Å². The first-order valence-corrected chi connectivity index (χ1v) is 5.29. The second kappa shape index (κ2) is 4.37. The van der Waals surface area contributed by atoms with E-state index >= 15 is 0 Å². The van der Waals surface area contributed by atoms with Gasteiger partial charge in [-0.2, -0.15) is 0 Å². The Labute approximate surface area is 98.5 Å². The van der Waals surface area contributed by atoms with E-state index < -0.39 is 5.97 Å². The number of aromatic nitrogens is 1. The SMILES string of the molecule is CCOC(=O)c1[nH]c2cc(OC)ccc2c1N. The molecule has 1 aromatic heterocycles. The van der Waals surface area contributed by atoms with Gasteiger partial charge in [0, 0.05) is 11.5 Å². The maximum absolute atomic E-state index is 11.6. The number of methoxy groups -OCH3 is 1. The van der Waals surface area contributed by atoms with Crippen molar-refractivity contribution in [1.29, 1.82) is 0 Å². The van der Waals surface area contributed by atoms with E-state index in [2.05, 4.69) is 4.98 Å². The molecule has 17 heavy (non-hydrogen) atoms. The maximum atomic E-state index is 11.6. The summed E-state index contributed by atoms with van der Waals surface area (Å²) in [6.07, 6.45) is 0. The van der Waals surface area contributed by atoms with Gasteiger partial charge in [0.2, 0.25) is 0 Å². The molecule has 3 N–H and O–H groups in total. The molecular formula is C12H14N2O3. The highest BCUT2D eigenvalue weighted by Crippen LogP contribution is 2.28. The fourth-order valence-corrected chi connectivity index (χ4v) is 1.69. The number of ether oxygens (including phenoxy) is 2. The first-order valence-electron chi connectivity index (χ1n) is 5.29. The van der Waals surface area contributed by atoms with Gasteiger partial charge >= 0.3 is 5.97 Å². The molecule has 0 spiro atoms. The molecule has 90 valence electrons. The monoisotopic (exact) mass is 234 g/mol. The van der Waals surface area contributed by atoms with E-state index in [1.807, 2.05) is 6.07 Å². The van der Waals surface area contributed by atoms with Gasteiger partial charge in [0.1, 0.15) is 11.4 Å². The molecular weight excluding hydrogens is 220 g/mol. The van der Waals surface area contributed by atoms with E-state index in [0.717, 1.165) is 10.9 Å². The zero-order chi connectivity index (χ0) is 12.4. The number of nitrogens with one attached hydrogen (secondary N) is 1. The maximum Gasteiger partial charge on any atom is 0.356 e. The lowest BCUT2D eigenvalue weighted by Gasteiger charge is -1.99. The van der Waals surface area contributed by atoms with Crippen molar-refractivity contribution in [3.8, 4) is 5.75 Å². The van der Waals surface area contributed by atoms with E-state index in [1.165, 1.54) is 0 Å². The average molecular weight is 234 g/mol. The fraction of sp³-hybridized carbons (Fsp3) is 0.250. The Bertz CT molecular complexity index is 560. The zero-order valence-electron chi connectivity index (χ0n) is 9.74. The molecule has 0 radical (unpaired) electrons. The molecule has 0 atom stereocenters. The van der Waals surface area contributed by atoms with Crippen LogP contribution in [0.15, 0.2) is 18.2 Å². The molecule has 5 heteroatoms. The summed E-state index contributed by atoms with van der Waals surface area (Å²) >= 11 is 0. The van der Waals surface area contributed by atoms with Gasteiger partial charge in [-0.25, -0.2) is 4.79 Å². The van der Waals surface area contributed by atoms with Gasteiger partial charge in [0.05, 0.1) is 24.9 Å². The van der Waals surface area contributed by atoms with E-state index in [0.29, 0.717) is 18.0 Å². The number of rotatable bonds is 3. The molecule has 0 fully saturated rings. The van der Waals surface area contributed by atoms with Crippen molar-refractivity contribution in [2.75, 3.05) is 19.5 Å². The number of hydrogen-bond acceptors (Lipinski definition) is 4. The number of benzene rings is 1. The molecule has 0 aliphatic rings. The third kappa shape index (κ3) is 1.91. The number of nitrogen functional groups attached to an aromatic ring is 1. The van der Waals surface area contributed by atoms with Gasteiger partial charge < -0.3 is 20.2 Å². The second-order valence-electron chi connectivity index (χ2n) is 3.55. The number of carbonyl (C=O) groups excluding carboxylic acids is 1. The van der Waals surface area contributed by atoms with Crippen LogP contribution in [-0.2, 0) is 4.74 Å². The molecule has 0 saturated heterocycles. The zero-order valence-corrected chi connectivity index (χ0v) is 9.74. The molecule has 1 aromatic carbocycles. The van der Waals surface area contributed by atoms with Crippen LogP contribution in [0.1, 0.15) is 17.4 Å². The molecule has 0 saturated carbocycles. The average Bonchev–Trinajstić information content (AvgIpc) is 2.66. The third-order valence-corrected chi connectivity index (χ3v) is 2.53. The van der Waals surface area contributed by atoms with Crippen LogP contribution in [0.5, 0.6) is 5.75 Å². The molecule has 2 aromatic rings.